The molecule has 1 unspecified atom stereocenters. The van der Waals surface area contributed by atoms with E-state index < -0.39 is 0 Å². The van der Waals surface area contributed by atoms with E-state index >= 15 is 0 Å². The smallest absolute Gasteiger partial charge is 0.237 e. The van der Waals surface area contributed by atoms with Crippen molar-refractivity contribution in [1.82, 2.24) is 15.5 Å². The zero-order chi connectivity index (χ0) is 12.6. The number of nitrogens with zero attached hydrogens (tertiary/aromatic N) is 1. The first-order valence-corrected chi connectivity index (χ1v) is 6.19. The molecule has 0 saturated carbocycles. The van der Waals surface area contributed by atoms with Gasteiger partial charge in [0, 0.05) is 19.1 Å². The number of amides is 1. The van der Waals surface area contributed by atoms with Crippen LogP contribution < -0.4 is 10.6 Å². The van der Waals surface area contributed by atoms with E-state index in [-0.39, 0.29) is 11.9 Å². The van der Waals surface area contributed by atoms with Gasteiger partial charge in [-0.1, -0.05) is 13.8 Å². The summed E-state index contributed by atoms with van der Waals surface area (Å²) in [5.74, 6) is 0.104. The highest BCUT2D eigenvalue weighted by Crippen LogP contribution is 1.96. The van der Waals surface area contributed by atoms with E-state index in [9.17, 15) is 4.79 Å². The highest BCUT2D eigenvalue weighted by atomic mass is 16.2. The van der Waals surface area contributed by atoms with Gasteiger partial charge in [0.2, 0.25) is 5.91 Å². The first-order valence-electron chi connectivity index (χ1n) is 6.19. The number of rotatable bonds is 8. The molecule has 0 saturated heterocycles. The lowest BCUT2D eigenvalue weighted by Crippen LogP contribution is -2.47. The van der Waals surface area contributed by atoms with Gasteiger partial charge < -0.3 is 15.5 Å². The summed E-state index contributed by atoms with van der Waals surface area (Å²) in [5, 5.41) is 6.25. The molecule has 1 atom stereocenters. The Morgan fingerprint density at radius 1 is 1.25 bits per heavy atom. The molecule has 4 nitrogen and oxygen atoms in total. The quantitative estimate of drug-likeness (QED) is 0.648. The molecule has 0 aromatic carbocycles. The molecule has 0 aliphatic rings. The topological polar surface area (TPSA) is 44.4 Å². The van der Waals surface area contributed by atoms with E-state index in [0.29, 0.717) is 6.04 Å². The Morgan fingerprint density at radius 3 is 2.25 bits per heavy atom. The Morgan fingerprint density at radius 2 is 1.81 bits per heavy atom. The van der Waals surface area contributed by atoms with Crippen LogP contribution in [0.5, 0.6) is 0 Å². The number of likely N-dealkylation sites (N-methyl/N-ethyl adjacent to an activating group) is 1. The van der Waals surface area contributed by atoms with Crippen LogP contribution in [0.1, 0.15) is 33.6 Å². The molecule has 2 N–H and O–H groups in total. The van der Waals surface area contributed by atoms with Crippen molar-refractivity contribution in [2.24, 2.45) is 0 Å². The fourth-order valence-corrected chi connectivity index (χ4v) is 1.42. The molecule has 4 heteroatoms. The predicted molar refractivity (Wildman–Crippen MR) is 68.5 cm³/mol. The van der Waals surface area contributed by atoms with Crippen LogP contribution in [0.15, 0.2) is 0 Å². The number of nitrogens with one attached hydrogen (secondary N) is 2. The largest absolute Gasteiger partial charge is 0.352 e. The minimum atomic E-state index is -0.111. The van der Waals surface area contributed by atoms with Gasteiger partial charge in [-0.05, 0) is 33.9 Å². The zero-order valence-electron chi connectivity index (χ0n) is 11.3. The molecule has 0 aliphatic carbocycles. The molecule has 0 aliphatic heterocycles. The van der Waals surface area contributed by atoms with E-state index in [4.69, 9.17) is 0 Å². The van der Waals surface area contributed by atoms with Gasteiger partial charge in [0.05, 0.1) is 6.04 Å². The summed E-state index contributed by atoms with van der Waals surface area (Å²) >= 11 is 0. The second-order valence-electron chi connectivity index (χ2n) is 4.50. The van der Waals surface area contributed by atoms with Crippen molar-refractivity contribution in [3.8, 4) is 0 Å². The van der Waals surface area contributed by atoms with E-state index in [1.807, 2.05) is 21.0 Å². The van der Waals surface area contributed by atoms with Crippen LogP contribution >= 0.6 is 0 Å². The second kappa shape index (κ2) is 8.53. The summed E-state index contributed by atoms with van der Waals surface area (Å²) < 4.78 is 0. The molecule has 0 heterocycles. The Labute approximate surface area is 99.8 Å². The molecule has 0 bridgehead atoms. The van der Waals surface area contributed by atoms with E-state index in [2.05, 4.69) is 29.4 Å². The lowest BCUT2D eigenvalue weighted by molar-refractivity contribution is -0.123. The maximum absolute atomic E-state index is 11.8. The average Bonchev–Trinajstić information content (AvgIpc) is 2.24. The highest BCUT2D eigenvalue weighted by molar-refractivity contribution is 5.81. The van der Waals surface area contributed by atoms with Crippen molar-refractivity contribution >= 4 is 5.91 Å². The molecule has 1 amide bonds. The minimum Gasteiger partial charge on any atom is -0.352 e. The molecule has 0 rings (SSSR count). The van der Waals surface area contributed by atoms with Crippen molar-refractivity contribution in [1.29, 1.82) is 0 Å². The Balaban J connectivity index is 3.80. The van der Waals surface area contributed by atoms with E-state index in [1.165, 1.54) is 0 Å². The lowest BCUT2D eigenvalue weighted by Gasteiger charge is -2.20. The van der Waals surface area contributed by atoms with Crippen LogP contribution in [0.3, 0.4) is 0 Å². The van der Waals surface area contributed by atoms with E-state index in [1.54, 1.807) is 0 Å². The lowest BCUT2D eigenvalue weighted by atomic mass is 10.1. The fraction of sp³-hybridized carbons (Fsp3) is 0.917. The monoisotopic (exact) mass is 229 g/mol. The molecule has 0 radical (unpaired) electrons. The predicted octanol–water partition coefficient (Wildman–Crippen LogP) is 0.831. The molecule has 96 valence electrons. The standard InChI is InChI=1S/C12H27N3O/c1-6-11(7-2)14-12(16)10(3)13-8-9-15(4)5/h10-11,13H,6-9H2,1-5H3,(H,14,16). The van der Waals surface area contributed by atoms with Crippen LogP contribution in [0.2, 0.25) is 0 Å². The van der Waals surface area contributed by atoms with Gasteiger partial charge in [0.1, 0.15) is 0 Å². The first kappa shape index (κ1) is 15.4. The Kier molecular flexibility index (Phi) is 8.21. The van der Waals surface area contributed by atoms with Gasteiger partial charge in [-0.2, -0.15) is 0 Å². The molecule has 0 aromatic heterocycles. The molecular formula is C12H27N3O. The van der Waals surface area contributed by atoms with Gasteiger partial charge >= 0.3 is 0 Å². The maximum Gasteiger partial charge on any atom is 0.237 e. The minimum absolute atomic E-state index is 0.104. The number of carbonyl (C=O) groups excluding carboxylic acids is 1. The zero-order valence-corrected chi connectivity index (χ0v) is 11.3. The summed E-state index contributed by atoms with van der Waals surface area (Å²) in [6.07, 6.45) is 1.99. The maximum atomic E-state index is 11.8. The van der Waals surface area contributed by atoms with Crippen molar-refractivity contribution in [3.63, 3.8) is 0 Å². The molecular weight excluding hydrogens is 202 g/mol. The summed E-state index contributed by atoms with van der Waals surface area (Å²) in [6, 6.07) is 0.200. The molecule has 0 fully saturated rings. The van der Waals surface area contributed by atoms with Crippen LogP contribution in [0.25, 0.3) is 0 Å². The van der Waals surface area contributed by atoms with Gasteiger partial charge in [-0.25, -0.2) is 0 Å². The van der Waals surface area contributed by atoms with Gasteiger partial charge in [-0.3, -0.25) is 4.79 Å². The van der Waals surface area contributed by atoms with E-state index in [0.717, 1.165) is 25.9 Å². The van der Waals surface area contributed by atoms with Crippen molar-refractivity contribution < 1.29 is 4.79 Å². The van der Waals surface area contributed by atoms with Gasteiger partial charge in [0.15, 0.2) is 0 Å². The summed E-state index contributed by atoms with van der Waals surface area (Å²) in [5.41, 5.74) is 0. The third-order valence-electron chi connectivity index (χ3n) is 2.73. The highest BCUT2D eigenvalue weighted by Gasteiger charge is 2.14. The second-order valence-corrected chi connectivity index (χ2v) is 4.50. The molecule has 0 aromatic rings. The summed E-state index contributed by atoms with van der Waals surface area (Å²) in [7, 11) is 4.05. The van der Waals surface area contributed by atoms with Crippen LogP contribution in [0.4, 0.5) is 0 Å². The fourth-order valence-electron chi connectivity index (χ4n) is 1.42. The van der Waals surface area contributed by atoms with Gasteiger partial charge in [0.25, 0.3) is 0 Å². The summed E-state index contributed by atoms with van der Waals surface area (Å²) in [6.45, 7) is 7.89. The van der Waals surface area contributed by atoms with Gasteiger partial charge in [-0.15, -0.1) is 0 Å². The Bertz CT molecular complexity index is 191. The SMILES string of the molecule is CCC(CC)NC(=O)C(C)NCCN(C)C. The van der Waals surface area contributed by atoms with Crippen LogP contribution in [-0.2, 0) is 4.79 Å². The third kappa shape index (κ3) is 6.80. The Hall–Kier alpha value is -0.610. The van der Waals surface area contributed by atoms with Crippen LogP contribution in [0, 0.1) is 0 Å². The van der Waals surface area contributed by atoms with Crippen LogP contribution in [-0.4, -0.2) is 50.1 Å². The number of carbonyl (C=O) groups is 1. The van der Waals surface area contributed by atoms with Crippen molar-refractivity contribution in [2.75, 3.05) is 27.2 Å². The van der Waals surface area contributed by atoms with Crippen molar-refractivity contribution in [3.05, 3.63) is 0 Å². The normalized spacial score (nSPS) is 13.2. The average molecular weight is 229 g/mol. The third-order valence-corrected chi connectivity index (χ3v) is 2.73. The molecule has 16 heavy (non-hydrogen) atoms. The first-order chi connectivity index (χ1) is 7.51. The number of hydrogen-bond acceptors (Lipinski definition) is 3. The molecule has 0 spiro atoms. The van der Waals surface area contributed by atoms with Crippen molar-refractivity contribution in [2.45, 2.75) is 45.7 Å². The number of hydrogen-bond donors (Lipinski definition) is 2. The summed E-state index contributed by atoms with van der Waals surface area (Å²) in [4.78, 5) is 13.9.